The number of aryl methyl sites for hydroxylation is 4. The van der Waals surface area contributed by atoms with Crippen LogP contribution in [0, 0.1) is 0 Å². The molecule has 0 bridgehead atoms. The molecule has 0 unspecified atom stereocenters. The summed E-state index contributed by atoms with van der Waals surface area (Å²) in [7, 11) is 3.78. The van der Waals surface area contributed by atoms with Gasteiger partial charge in [-0.15, -0.1) is 0 Å². The van der Waals surface area contributed by atoms with E-state index >= 15 is 0 Å². The molecule has 0 aromatic heterocycles. The second kappa shape index (κ2) is 11.1. The van der Waals surface area contributed by atoms with Crippen molar-refractivity contribution in [3.05, 3.63) is 131 Å². The van der Waals surface area contributed by atoms with Crippen LogP contribution in [0.4, 0.5) is 0 Å². The molecule has 4 aromatic carbocycles. The van der Waals surface area contributed by atoms with Gasteiger partial charge in [0.05, 0.1) is 0 Å². The minimum absolute atomic E-state index is 1.07. The Morgan fingerprint density at radius 3 is 1.17 bits per heavy atom. The molecule has 0 aliphatic rings. The third kappa shape index (κ3) is 6.04. The Hall–Kier alpha value is -2.42. The van der Waals surface area contributed by atoms with Crippen LogP contribution < -0.4 is 0 Å². The molecule has 0 nitrogen and oxygen atoms in total. The molecule has 0 saturated carbocycles. The topological polar surface area (TPSA) is 0 Å². The largest absolute Gasteiger partial charge is 0.0622 e. The van der Waals surface area contributed by atoms with E-state index in [-0.39, 0.29) is 0 Å². The van der Waals surface area contributed by atoms with Gasteiger partial charge in [0.2, 0.25) is 0 Å². The summed E-state index contributed by atoms with van der Waals surface area (Å²) in [6, 6.07) is 39.2. The van der Waals surface area contributed by atoms with E-state index in [2.05, 4.69) is 109 Å². The normalized spacial score (nSPS) is 10.8. The fraction of sp³-hybridized carbons (Fsp3) is 0.143. The average Bonchev–Trinajstić information content (AvgIpc) is 2.82. The first-order chi connectivity index (χ1) is 14.9. The van der Waals surface area contributed by atoms with Crippen molar-refractivity contribution in [1.82, 2.24) is 0 Å². The second-order valence-electron chi connectivity index (χ2n) is 7.35. The van der Waals surface area contributed by atoms with E-state index in [0.717, 1.165) is 25.7 Å². The summed E-state index contributed by atoms with van der Waals surface area (Å²) in [4.78, 5) is 2.74. The minimum Gasteiger partial charge on any atom is -0.0622 e. The maximum atomic E-state index is 2.27. The molecule has 0 heterocycles. The van der Waals surface area contributed by atoms with Crippen LogP contribution >= 0.6 is 21.6 Å². The van der Waals surface area contributed by atoms with Crippen LogP contribution in [0.2, 0.25) is 0 Å². The van der Waals surface area contributed by atoms with E-state index in [0.29, 0.717) is 0 Å². The number of benzene rings is 4. The summed E-state index contributed by atoms with van der Waals surface area (Å²) in [6.45, 7) is 0. The summed E-state index contributed by atoms with van der Waals surface area (Å²) in [5.41, 5.74) is 5.66. The summed E-state index contributed by atoms with van der Waals surface area (Å²) < 4.78 is 0. The van der Waals surface area contributed by atoms with Crippen molar-refractivity contribution in [1.29, 1.82) is 0 Å². The molecule has 0 aliphatic carbocycles. The second-order valence-corrected chi connectivity index (χ2v) is 9.57. The summed E-state index contributed by atoms with van der Waals surface area (Å²) in [5, 5.41) is 0. The van der Waals surface area contributed by atoms with E-state index in [1.165, 1.54) is 32.0 Å². The van der Waals surface area contributed by atoms with Crippen LogP contribution in [-0.4, -0.2) is 0 Å². The number of hydrogen-bond acceptors (Lipinski definition) is 2. The number of hydrogen-bond donors (Lipinski definition) is 0. The molecular weight excluding hydrogens is 400 g/mol. The van der Waals surface area contributed by atoms with Gasteiger partial charge in [0, 0.05) is 9.79 Å². The minimum atomic E-state index is 1.07. The Balaban J connectivity index is 1.40. The quantitative estimate of drug-likeness (QED) is 0.248. The predicted molar refractivity (Wildman–Crippen MR) is 132 cm³/mol. The van der Waals surface area contributed by atoms with Gasteiger partial charge in [-0.05, 0) is 60.1 Å². The SMILES string of the molecule is c1ccc(CCc2ccccc2SSc2ccccc2CCc2ccccc2)cc1. The first-order valence-corrected chi connectivity index (χ1v) is 12.6. The van der Waals surface area contributed by atoms with Gasteiger partial charge in [-0.1, -0.05) is 119 Å². The fourth-order valence-corrected chi connectivity index (χ4v) is 6.04. The zero-order chi connectivity index (χ0) is 20.4. The Morgan fingerprint density at radius 1 is 0.367 bits per heavy atom. The molecule has 0 aliphatic heterocycles. The van der Waals surface area contributed by atoms with Crippen LogP contribution in [0.25, 0.3) is 0 Å². The van der Waals surface area contributed by atoms with Gasteiger partial charge in [-0.25, -0.2) is 0 Å². The molecule has 0 spiro atoms. The van der Waals surface area contributed by atoms with Crippen molar-refractivity contribution in [2.45, 2.75) is 35.5 Å². The molecule has 0 amide bonds. The van der Waals surface area contributed by atoms with Crippen molar-refractivity contribution < 1.29 is 0 Å². The Bertz CT molecular complexity index is 955. The van der Waals surface area contributed by atoms with Gasteiger partial charge in [0.1, 0.15) is 0 Å². The Labute approximate surface area is 188 Å². The van der Waals surface area contributed by atoms with Crippen LogP contribution in [0.1, 0.15) is 22.3 Å². The van der Waals surface area contributed by atoms with E-state index in [1.54, 1.807) is 0 Å². The molecule has 0 radical (unpaired) electrons. The van der Waals surface area contributed by atoms with Gasteiger partial charge in [-0.2, -0.15) is 0 Å². The molecule has 0 fully saturated rings. The van der Waals surface area contributed by atoms with Crippen LogP contribution in [0.15, 0.2) is 119 Å². The van der Waals surface area contributed by atoms with Crippen molar-refractivity contribution >= 4 is 21.6 Å². The Kier molecular flexibility index (Phi) is 7.71. The van der Waals surface area contributed by atoms with Gasteiger partial charge >= 0.3 is 0 Å². The molecule has 150 valence electrons. The maximum Gasteiger partial charge on any atom is 0.0218 e. The van der Waals surface area contributed by atoms with E-state index in [1.807, 2.05) is 21.6 Å². The zero-order valence-corrected chi connectivity index (χ0v) is 18.7. The third-order valence-corrected chi connectivity index (χ3v) is 7.78. The Morgan fingerprint density at radius 2 is 0.733 bits per heavy atom. The first kappa shape index (κ1) is 20.8. The lowest BCUT2D eigenvalue weighted by Gasteiger charge is -2.11. The highest BCUT2D eigenvalue weighted by atomic mass is 33.1. The van der Waals surface area contributed by atoms with Crippen molar-refractivity contribution in [3.63, 3.8) is 0 Å². The van der Waals surface area contributed by atoms with Crippen molar-refractivity contribution in [2.75, 3.05) is 0 Å². The van der Waals surface area contributed by atoms with Crippen LogP contribution in [0.3, 0.4) is 0 Å². The summed E-state index contributed by atoms with van der Waals surface area (Å²) >= 11 is 0. The van der Waals surface area contributed by atoms with Crippen LogP contribution in [-0.2, 0) is 25.7 Å². The molecule has 0 saturated heterocycles. The van der Waals surface area contributed by atoms with Gasteiger partial charge in [0.25, 0.3) is 0 Å². The molecule has 30 heavy (non-hydrogen) atoms. The summed E-state index contributed by atoms with van der Waals surface area (Å²) in [6.07, 6.45) is 4.31. The van der Waals surface area contributed by atoms with Crippen molar-refractivity contribution in [3.8, 4) is 0 Å². The van der Waals surface area contributed by atoms with Gasteiger partial charge in [0.15, 0.2) is 0 Å². The highest BCUT2D eigenvalue weighted by Crippen LogP contribution is 2.41. The van der Waals surface area contributed by atoms with E-state index < -0.39 is 0 Å². The summed E-state index contributed by atoms with van der Waals surface area (Å²) in [5.74, 6) is 0. The lowest BCUT2D eigenvalue weighted by Crippen LogP contribution is -1.94. The number of rotatable bonds is 9. The first-order valence-electron chi connectivity index (χ1n) is 10.5. The van der Waals surface area contributed by atoms with Gasteiger partial charge < -0.3 is 0 Å². The van der Waals surface area contributed by atoms with E-state index in [4.69, 9.17) is 0 Å². The van der Waals surface area contributed by atoms with E-state index in [9.17, 15) is 0 Å². The molecule has 4 aromatic rings. The molecule has 4 rings (SSSR count). The monoisotopic (exact) mass is 426 g/mol. The standard InChI is InChI=1S/C28H26S2/c1-3-11-23(12-4-1)19-21-25-15-7-9-17-27(25)29-30-28-18-10-8-16-26(28)22-20-24-13-5-2-6-14-24/h1-18H,19-22H2. The molecule has 2 heteroatoms. The van der Waals surface area contributed by atoms with Crippen LogP contribution in [0.5, 0.6) is 0 Å². The third-order valence-electron chi connectivity index (χ3n) is 5.22. The van der Waals surface area contributed by atoms with Gasteiger partial charge in [-0.3, -0.25) is 0 Å². The lowest BCUT2D eigenvalue weighted by molar-refractivity contribution is 0.935. The average molecular weight is 427 g/mol. The van der Waals surface area contributed by atoms with Crippen molar-refractivity contribution in [2.24, 2.45) is 0 Å². The maximum absolute atomic E-state index is 2.27. The predicted octanol–water partition coefficient (Wildman–Crippen LogP) is 8.06. The highest BCUT2D eigenvalue weighted by molar-refractivity contribution is 8.76. The smallest absolute Gasteiger partial charge is 0.0218 e. The lowest BCUT2D eigenvalue weighted by atomic mass is 10.0. The zero-order valence-electron chi connectivity index (χ0n) is 17.0. The molecule has 0 N–H and O–H groups in total. The highest BCUT2D eigenvalue weighted by Gasteiger charge is 2.08. The molecular formula is C28H26S2. The fourth-order valence-electron chi connectivity index (χ4n) is 3.52. The molecule has 0 atom stereocenters.